The Hall–Kier alpha value is -3.35. The van der Waals surface area contributed by atoms with Gasteiger partial charge in [0.1, 0.15) is 6.61 Å². The van der Waals surface area contributed by atoms with Crippen molar-refractivity contribution in [3.05, 3.63) is 59.7 Å². The largest absolute Gasteiger partial charge is 0.481 e. The number of fused-ring (bicyclic) bond motifs is 3. The average Bonchev–Trinajstić information content (AvgIpc) is 3.46. The lowest BCUT2D eigenvalue weighted by molar-refractivity contribution is -0.143. The smallest absolute Gasteiger partial charge is 0.407 e. The Morgan fingerprint density at radius 1 is 0.800 bits per heavy atom. The van der Waals surface area contributed by atoms with Gasteiger partial charge in [0, 0.05) is 23.9 Å². The van der Waals surface area contributed by atoms with Gasteiger partial charge in [-0.25, -0.2) is 4.79 Å². The molecule has 2 amide bonds. The number of ether oxygens (including phenoxy) is 1. The molecule has 7 heteroatoms. The van der Waals surface area contributed by atoms with E-state index < -0.39 is 12.1 Å². The molecule has 3 aliphatic carbocycles. The Bertz CT molecular complexity index is 1070. The Kier molecular flexibility index (Phi) is 6.75. The molecule has 5 rings (SSSR count). The first-order valence-corrected chi connectivity index (χ1v) is 12.6. The topological polar surface area (TPSA) is 105 Å². The van der Waals surface area contributed by atoms with Crippen LogP contribution in [-0.4, -0.2) is 41.8 Å². The van der Waals surface area contributed by atoms with Crippen molar-refractivity contribution in [3.63, 3.8) is 0 Å². The molecule has 3 N–H and O–H groups in total. The van der Waals surface area contributed by atoms with E-state index in [0.717, 1.165) is 19.3 Å². The normalized spacial score (nSPS) is 25.4. The molecule has 35 heavy (non-hydrogen) atoms. The second kappa shape index (κ2) is 10.1. The van der Waals surface area contributed by atoms with E-state index in [9.17, 15) is 19.5 Å². The number of carbonyl (C=O) groups is 3. The van der Waals surface area contributed by atoms with E-state index in [1.807, 2.05) is 24.3 Å². The first-order valence-electron chi connectivity index (χ1n) is 12.6. The van der Waals surface area contributed by atoms with Crippen LogP contribution in [0.2, 0.25) is 0 Å². The van der Waals surface area contributed by atoms with E-state index in [1.54, 1.807) is 0 Å². The lowest BCUT2D eigenvalue weighted by Crippen LogP contribution is -2.42. The van der Waals surface area contributed by atoms with Crippen LogP contribution in [0, 0.1) is 11.8 Å². The summed E-state index contributed by atoms with van der Waals surface area (Å²) in [6.07, 6.45) is 4.37. The zero-order chi connectivity index (χ0) is 24.4. The maximum Gasteiger partial charge on any atom is 0.407 e. The summed E-state index contributed by atoms with van der Waals surface area (Å²) in [5, 5.41) is 15.3. The van der Waals surface area contributed by atoms with E-state index in [4.69, 9.17) is 4.74 Å². The standard InChI is InChI=1S/C28H32N2O5/c31-26(29-19-7-5-6-18(15-19)27(32)33)17-12-13-20(14-17)30-28(34)35-16-25-23-10-3-1-8-21(23)22-9-2-4-11-24(22)25/h1-4,8-11,17-20,25H,5-7,12-16H2,(H,29,31)(H,30,34)(H,32,33)/t17-,18-,19+,20+/m0/s1. The lowest BCUT2D eigenvalue weighted by Gasteiger charge is -2.28. The van der Waals surface area contributed by atoms with Gasteiger partial charge in [-0.1, -0.05) is 55.0 Å². The number of hydrogen-bond acceptors (Lipinski definition) is 4. The Balaban J connectivity index is 1.10. The van der Waals surface area contributed by atoms with Crippen molar-refractivity contribution in [3.8, 4) is 11.1 Å². The first-order chi connectivity index (χ1) is 17.0. The summed E-state index contributed by atoms with van der Waals surface area (Å²) >= 11 is 0. The highest BCUT2D eigenvalue weighted by atomic mass is 16.5. The van der Waals surface area contributed by atoms with Crippen LogP contribution in [0.1, 0.15) is 62.0 Å². The molecule has 0 saturated heterocycles. The number of carboxylic acids is 1. The number of nitrogens with one attached hydrogen (secondary N) is 2. The average molecular weight is 477 g/mol. The van der Waals surface area contributed by atoms with E-state index >= 15 is 0 Å². The van der Waals surface area contributed by atoms with Gasteiger partial charge >= 0.3 is 12.1 Å². The molecule has 0 bridgehead atoms. The Labute approximate surface area is 205 Å². The molecule has 0 aliphatic heterocycles. The maximum absolute atomic E-state index is 12.8. The third kappa shape index (κ3) is 5.04. The van der Waals surface area contributed by atoms with Gasteiger partial charge in [0.05, 0.1) is 5.92 Å². The van der Waals surface area contributed by atoms with E-state index in [0.29, 0.717) is 25.7 Å². The van der Waals surface area contributed by atoms with Crippen molar-refractivity contribution >= 4 is 18.0 Å². The van der Waals surface area contributed by atoms with Crippen molar-refractivity contribution in [2.75, 3.05) is 6.61 Å². The van der Waals surface area contributed by atoms with E-state index in [2.05, 4.69) is 34.9 Å². The molecule has 2 aromatic rings. The minimum absolute atomic E-state index is 0.0142. The second-order valence-corrected chi connectivity index (χ2v) is 10.1. The van der Waals surface area contributed by atoms with Crippen LogP contribution < -0.4 is 10.6 Å². The molecule has 2 aromatic carbocycles. The SMILES string of the molecule is O=C(N[C@@H]1CC[C@H](C(=O)N[C@@H]2CCC[C@H](C(=O)O)C2)C1)OCC1c2ccccc2-c2ccccc21. The van der Waals surface area contributed by atoms with Gasteiger partial charge in [0.2, 0.25) is 5.91 Å². The molecule has 7 nitrogen and oxygen atoms in total. The molecule has 0 aromatic heterocycles. The van der Waals surface area contributed by atoms with Crippen LogP contribution in [0.5, 0.6) is 0 Å². The first kappa shape index (κ1) is 23.4. The fourth-order valence-electron chi connectivity index (χ4n) is 6.02. The number of carboxylic acid groups (broad SMARTS) is 1. The number of rotatable bonds is 6. The molecule has 0 spiro atoms. The number of aliphatic carboxylic acids is 1. The van der Waals surface area contributed by atoms with Gasteiger partial charge in [-0.05, 0) is 60.8 Å². The monoisotopic (exact) mass is 476 g/mol. The quantitative estimate of drug-likeness (QED) is 0.571. The summed E-state index contributed by atoms with van der Waals surface area (Å²) in [6, 6.07) is 16.3. The van der Waals surface area contributed by atoms with Crippen LogP contribution in [0.25, 0.3) is 11.1 Å². The predicted octanol–water partition coefficient (Wildman–Crippen LogP) is 4.45. The van der Waals surface area contributed by atoms with Crippen LogP contribution in [0.4, 0.5) is 4.79 Å². The fourth-order valence-corrected chi connectivity index (χ4v) is 6.02. The van der Waals surface area contributed by atoms with Crippen LogP contribution in [-0.2, 0) is 14.3 Å². The van der Waals surface area contributed by atoms with Crippen molar-refractivity contribution in [1.82, 2.24) is 10.6 Å². The van der Waals surface area contributed by atoms with Gasteiger partial charge in [0.15, 0.2) is 0 Å². The van der Waals surface area contributed by atoms with Crippen LogP contribution in [0.3, 0.4) is 0 Å². The lowest BCUT2D eigenvalue weighted by atomic mass is 9.85. The third-order valence-corrected chi connectivity index (χ3v) is 7.84. The molecule has 3 aliphatic rings. The molecule has 2 saturated carbocycles. The Morgan fingerprint density at radius 3 is 2.11 bits per heavy atom. The van der Waals surface area contributed by atoms with E-state index in [1.165, 1.54) is 22.3 Å². The zero-order valence-corrected chi connectivity index (χ0v) is 19.7. The number of alkyl carbamates (subject to hydrolysis) is 1. The minimum Gasteiger partial charge on any atom is -0.481 e. The number of carbonyl (C=O) groups excluding carboxylic acids is 2. The van der Waals surface area contributed by atoms with Gasteiger partial charge in [0.25, 0.3) is 0 Å². The maximum atomic E-state index is 12.8. The highest BCUT2D eigenvalue weighted by Gasteiger charge is 2.34. The Morgan fingerprint density at radius 2 is 1.43 bits per heavy atom. The molecule has 0 heterocycles. The number of amides is 2. The fraction of sp³-hybridized carbons (Fsp3) is 0.464. The van der Waals surface area contributed by atoms with Crippen LogP contribution >= 0.6 is 0 Å². The van der Waals surface area contributed by atoms with Gasteiger partial charge in [-0.3, -0.25) is 9.59 Å². The third-order valence-electron chi connectivity index (χ3n) is 7.84. The minimum atomic E-state index is -0.780. The molecule has 4 atom stereocenters. The molecular formula is C28H32N2O5. The number of hydrogen-bond donors (Lipinski definition) is 3. The van der Waals surface area contributed by atoms with Crippen LogP contribution in [0.15, 0.2) is 48.5 Å². The van der Waals surface area contributed by atoms with Crippen molar-refractivity contribution in [2.24, 2.45) is 11.8 Å². The van der Waals surface area contributed by atoms with Crippen molar-refractivity contribution < 1.29 is 24.2 Å². The van der Waals surface area contributed by atoms with Gasteiger partial charge in [-0.15, -0.1) is 0 Å². The highest BCUT2D eigenvalue weighted by Crippen LogP contribution is 2.44. The highest BCUT2D eigenvalue weighted by molar-refractivity contribution is 5.80. The zero-order valence-electron chi connectivity index (χ0n) is 19.7. The van der Waals surface area contributed by atoms with E-state index in [-0.39, 0.29) is 42.4 Å². The van der Waals surface area contributed by atoms with Gasteiger partial charge < -0.3 is 20.5 Å². The van der Waals surface area contributed by atoms with Crippen molar-refractivity contribution in [2.45, 2.75) is 62.9 Å². The number of benzene rings is 2. The van der Waals surface area contributed by atoms with Crippen molar-refractivity contribution in [1.29, 1.82) is 0 Å². The molecule has 184 valence electrons. The second-order valence-electron chi connectivity index (χ2n) is 10.1. The summed E-state index contributed by atoms with van der Waals surface area (Å²) in [7, 11) is 0. The summed E-state index contributed by atoms with van der Waals surface area (Å²) < 4.78 is 5.65. The molecule has 0 radical (unpaired) electrons. The summed E-state index contributed by atoms with van der Waals surface area (Å²) in [6.45, 7) is 0.267. The summed E-state index contributed by atoms with van der Waals surface area (Å²) in [4.78, 5) is 36.6. The molecule has 2 fully saturated rings. The summed E-state index contributed by atoms with van der Waals surface area (Å²) in [5.74, 6) is -1.34. The summed E-state index contributed by atoms with van der Waals surface area (Å²) in [5.41, 5.74) is 4.72. The predicted molar refractivity (Wildman–Crippen MR) is 131 cm³/mol. The molecular weight excluding hydrogens is 444 g/mol. The van der Waals surface area contributed by atoms with Gasteiger partial charge in [-0.2, -0.15) is 0 Å². The molecule has 0 unspecified atom stereocenters.